The van der Waals surface area contributed by atoms with Gasteiger partial charge < -0.3 is 5.32 Å². The van der Waals surface area contributed by atoms with Crippen molar-refractivity contribution in [2.24, 2.45) is 11.8 Å². The van der Waals surface area contributed by atoms with Crippen LogP contribution in [-0.4, -0.2) is 12.4 Å². The van der Waals surface area contributed by atoms with Gasteiger partial charge in [0.25, 0.3) is 0 Å². The second-order valence-corrected chi connectivity index (χ2v) is 7.04. The van der Waals surface area contributed by atoms with E-state index in [4.69, 9.17) is 11.6 Å². The van der Waals surface area contributed by atoms with Crippen LogP contribution in [0.5, 0.6) is 0 Å². The molecule has 1 aromatic rings. The minimum absolute atomic E-state index is 0.730. The molecule has 0 spiro atoms. The lowest BCUT2D eigenvalue weighted by Crippen LogP contribution is -2.31. The Morgan fingerprint density at radius 1 is 1.35 bits per heavy atom. The standard InChI is InChI=1S/C13H19BrClNS/c14-12-5-13(17-9-12)8-16-7-11-4-2-1-3-10(11)6-15/h5,9-11,16H,1-4,6-8H2. The predicted octanol–water partition coefficient (Wildman–Crippen LogP) is 4.65. The van der Waals surface area contributed by atoms with Gasteiger partial charge in [-0.05, 0) is 53.2 Å². The molecule has 0 aliphatic heterocycles. The number of hydrogen-bond acceptors (Lipinski definition) is 2. The zero-order chi connectivity index (χ0) is 12.1. The summed E-state index contributed by atoms with van der Waals surface area (Å²) < 4.78 is 1.19. The molecule has 2 atom stereocenters. The van der Waals surface area contributed by atoms with Crippen molar-refractivity contribution in [2.75, 3.05) is 12.4 Å². The number of alkyl halides is 1. The van der Waals surface area contributed by atoms with E-state index in [1.54, 1.807) is 0 Å². The third kappa shape index (κ3) is 4.23. The normalized spacial score (nSPS) is 25.1. The van der Waals surface area contributed by atoms with Crippen molar-refractivity contribution < 1.29 is 0 Å². The lowest BCUT2D eigenvalue weighted by molar-refractivity contribution is 0.251. The van der Waals surface area contributed by atoms with E-state index in [1.807, 2.05) is 11.3 Å². The first-order valence-electron chi connectivity index (χ1n) is 6.29. The van der Waals surface area contributed by atoms with Gasteiger partial charge in [0.1, 0.15) is 0 Å². The van der Waals surface area contributed by atoms with Crippen LogP contribution in [0.25, 0.3) is 0 Å². The molecule has 1 saturated carbocycles. The smallest absolute Gasteiger partial charge is 0.0300 e. The second-order valence-electron chi connectivity index (χ2n) is 4.82. The molecule has 1 aliphatic rings. The Morgan fingerprint density at radius 3 is 2.76 bits per heavy atom. The number of halogens is 2. The zero-order valence-corrected chi connectivity index (χ0v) is 13.1. The minimum atomic E-state index is 0.730. The molecule has 0 aromatic carbocycles. The van der Waals surface area contributed by atoms with Crippen molar-refractivity contribution in [3.05, 3.63) is 20.8 Å². The number of rotatable bonds is 5. The van der Waals surface area contributed by atoms with Gasteiger partial charge in [-0.2, -0.15) is 0 Å². The zero-order valence-electron chi connectivity index (χ0n) is 9.92. The average molecular weight is 337 g/mol. The SMILES string of the molecule is ClCC1CCCCC1CNCc1cc(Br)cs1. The van der Waals surface area contributed by atoms with Crippen LogP contribution in [0, 0.1) is 11.8 Å². The van der Waals surface area contributed by atoms with Gasteiger partial charge >= 0.3 is 0 Å². The van der Waals surface area contributed by atoms with Gasteiger partial charge in [-0.1, -0.05) is 12.8 Å². The van der Waals surface area contributed by atoms with E-state index in [-0.39, 0.29) is 0 Å². The van der Waals surface area contributed by atoms with Gasteiger partial charge in [0.05, 0.1) is 0 Å². The summed E-state index contributed by atoms with van der Waals surface area (Å²) in [5, 5.41) is 5.72. The Kier molecular flexibility index (Phi) is 5.81. The van der Waals surface area contributed by atoms with Crippen LogP contribution in [0.4, 0.5) is 0 Å². The molecular formula is C13H19BrClNS. The Morgan fingerprint density at radius 2 is 2.12 bits per heavy atom. The van der Waals surface area contributed by atoms with E-state index >= 15 is 0 Å². The van der Waals surface area contributed by atoms with E-state index in [0.717, 1.165) is 30.8 Å². The summed E-state index contributed by atoms with van der Waals surface area (Å²) in [5.41, 5.74) is 0. The van der Waals surface area contributed by atoms with Crippen molar-refractivity contribution in [1.29, 1.82) is 0 Å². The Labute approximate surface area is 121 Å². The van der Waals surface area contributed by atoms with Gasteiger partial charge in [-0.25, -0.2) is 0 Å². The molecule has 0 amide bonds. The van der Waals surface area contributed by atoms with Crippen molar-refractivity contribution in [3.63, 3.8) is 0 Å². The molecular weight excluding hydrogens is 318 g/mol. The molecule has 1 fully saturated rings. The lowest BCUT2D eigenvalue weighted by atomic mass is 9.80. The quantitative estimate of drug-likeness (QED) is 0.772. The van der Waals surface area contributed by atoms with E-state index in [0.29, 0.717) is 0 Å². The highest BCUT2D eigenvalue weighted by Gasteiger charge is 2.23. The van der Waals surface area contributed by atoms with Gasteiger partial charge in [0, 0.05) is 27.2 Å². The largest absolute Gasteiger partial charge is 0.312 e. The number of hydrogen-bond donors (Lipinski definition) is 1. The monoisotopic (exact) mass is 335 g/mol. The molecule has 1 N–H and O–H groups in total. The number of thiophene rings is 1. The van der Waals surface area contributed by atoms with Crippen molar-refractivity contribution in [1.82, 2.24) is 5.32 Å². The van der Waals surface area contributed by atoms with Crippen LogP contribution in [-0.2, 0) is 6.54 Å². The summed E-state index contributed by atoms with van der Waals surface area (Å²) in [6.07, 6.45) is 5.41. The van der Waals surface area contributed by atoms with Crippen LogP contribution in [0.2, 0.25) is 0 Å². The van der Waals surface area contributed by atoms with Crippen LogP contribution in [0.3, 0.4) is 0 Å². The molecule has 17 heavy (non-hydrogen) atoms. The fourth-order valence-corrected chi connectivity index (χ4v) is 4.41. The molecule has 96 valence electrons. The van der Waals surface area contributed by atoms with Crippen LogP contribution in [0.15, 0.2) is 15.9 Å². The highest BCUT2D eigenvalue weighted by atomic mass is 79.9. The Bertz CT molecular complexity index is 342. The molecule has 0 saturated heterocycles. The third-order valence-corrected chi connectivity index (χ3v) is 5.69. The van der Waals surface area contributed by atoms with Gasteiger partial charge in [-0.15, -0.1) is 22.9 Å². The van der Waals surface area contributed by atoms with E-state index in [2.05, 4.69) is 32.7 Å². The van der Waals surface area contributed by atoms with Gasteiger partial charge in [0.15, 0.2) is 0 Å². The fraction of sp³-hybridized carbons (Fsp3) is 0.692. The van der Waals surface area contributed by atoms with Crippen molar-refractivity contribution in [3.8, 4) is 0 Å². The molecule has 1 aromatic heterocycles. The Hall–Kier alpha value is 0.430. The van der Waals surface area contributed by atoms with Gasteiger partial charge in [0.2, 0.25) is 0 Å². The molecule has 2 rings (SSSR count). The lowest BCUT2D eigenvalue weighted by Gasteiger charge is -2.30. The summed E-state index contributed by atoms with van der Waals surface area (Å²) in [6.45, 7) is 2.11. The average Bonchev–Trinajstić information content (AvgIpc) is 2.76. The molecule has 0 radical (unpaired) electrons. The van der Waals surface area contributed by atoms with Crippen molar-refractivity contribution >= 4 is 38.9 Å². The first-order chi connectivity index (χ1) is 8.29. The topological polar surface area (TPSA) is 12.0 Å². The highest BCUT2D eigenvalue weighted by molar-refractivity contribution is 9.10. The third-order valence-electron chi connectivity index (χ3n) is 3.59. The van der Waals surface area contributed by atoms with E-state index in [9.17, 15) is 0 Å². The summed E-state index contributed by atoms with van der Waals surface area (Å²) in [5.74, 6) is 2.34. The molecule has 2 unspecified atom stereocenters. The predicted molar refractivity (Wildman–Crippen MR) is 79.9 cm³/mol. The molecule has 1 aliphatic carbocycles. The maximum atomic E-state index is 6.04. The van der Waals surface area contributed by atoms with Gasteiger partial charge in [-0.3, -0.25) is 0 Å². The first-order valence-corrected chi connectivity index (χ1v) is 8.50. The maximum Gasteiger partial charge on any atom is 0.0300 e. The molecule has 0 bridgehead atoms. The van der Waals surface area contributed by atoms with E-state index in [1.165, 1.54) is 35.0 Å². The van der Waals surface area contributed by atoms with Crippen LogP contribution in [0.1, 0.15) is 30.6 Å². The van der Waals surface area contributed by atoms with Crippen LogP contribution >= 0.6 is 38.9 Å². The summed E-state index contributed by atoms with van der Waals surface area (Å²) in [6, 6.07) is 2.19. The molecule has 1 nitrogen and oxygen atoms in total. The summed E-state index contributed by atoms with van der Waals surface area (Å²) in [4.78, 5) is 1.40. The summed E-state index contributed by atoms with van der Waals surface area (Å²) >= 11 is 11.3. The van der Waals surface area contributed by atoms with Crippen molar-refractivity contribution in [2.45, 2.75) is 32.2 Å². The first kappa shape index (κ1) is 13.9. The summed E-state index contributed by atoms with van der Waals surface area (Å²) in [7, 11) is 0. The highest BCUT2D eigenvalue weighted by Crippen LogP contribution is 2.30. The molecule has 1 heterocycles. The minimum Gasteiger partial charge on any atom is -0.312 e. The number of nitrogens with one attached hydrogen (secondary N) is 1. The second kappa shape index (κ2) is 7.13. The Balaban J connectivity index is 1.73. The van der Waals surface area contributed by atoms with Crippen LogP contribution < -0.4 is 5.32 Å². The molecule has 4 heteroatoms. The van der Waals surface area contributed by atoms with E-state index < -0.39 is 0 Å². The fourth-order valence-electron chi connectivity index (χ4n) is 2.58. The maximum absolute atomic E-state index is 6.04.